The van der Waals surface area contributed by atoms with Crippen molar-refractivity contribution in [3.63, 3.8) is 0 Å². The molecule has 0 spiro atoms. The molecule has 5 heteroatoms. The molecule has 2 heterocycles. The topological polar surface area (TPSA) is 60.5 Å². The van der Waals surface area contributed by atoms with E-state index in [0.717, 1.165) is 23.5 Å². The quantitative estimate of drug-likeness (QED) is 0.863. The Morgan fingerprint density at radius 2 is 2.09 bits per heavy atom. The lowest BCUT2D eigenvalue weighted by molar-refractivity contribution is 0.0954. The first-order valence-electron chi connectivity index (χ1n) is 7.57. The number of ether oxygens (including phenoxy) is 2. The summed E-state index contributed by atoms with van der Waals surface area (Å²) in [4.78, 5) is 15.8. The third kappa shape index (κ3) is 4.10. The van der Waals surface area contributed by atoms with E-state index in [1.54, 1.807) is 24.5 Å². The summed E-state index contributed by atoms with van der Waals surface area (Å²) in [7, 11) is 0. The zero-order valence-corrected chi connectivity index (χ0v) is 12.7. The number of fused-ring (bicyclic) bond motifs is 1. The molecule has 1 aliphatic rings. The van der Waals surface area contributed by atoms with Crippen LogP contribution in [0.2, 0.25) is 0 Å². The van der Waals surface area contributed by atoms with Crippen molar-refractivity contribution in [3.05, 3.63) is 59.9 Å². The number of hydrogen-bond donors (Lipinski definition) is 1. The monoisotopic (exact) mass is 310 g/mol. The number of hydrogen-bond acceptors (Lipinski definition) is 4. The summed E-state index contributed by atoms with van der Waals surface area (Å²) in [5.41, 5.74) is 1.62. The summed E-state index contributed by atoms with van der Waals surface area (Å²) >= 11 is 0. The lowest BCUT2D eigenvalue weighted by Gasteiger charge is -2.18. The molecule has 3 rings (SSSR count). The van der Waals surface area contributed by atoms with Gasteiger partial charge in [0.25, 0.3) is 5.91 Å². The Bertz CT molecular complexity index is 699. The molecule has 0 saturated carbocycles. The Balaban J connectivity index is 1.47. The van der Waals surface area contributed by atoms with Gasteiger partial charge in [0.1, 0.15) is 13.2 Å². The van der Waals surface area contributed by atoms with Crippen molar-refractivity contribution in [1.82, 2.24) is 10.3 Å². The molecule has 5 nitrogen and oxygen atoms in total. The fraction of sp³-hybridized carbons (Fsp3) is 0.222. The van der Waals surface area contributed by atoms with Gasteiger partial charge in [-0.15, -0.1) is 0 Å². The van der Waals surface area contributed by atoms with Gasteiger partial charge in [0, 0.05) is 18.9 Å². The summed E-state index contributed by atoms with van der Waals surface area (Å²) in [5, 5.41) is 2.86. The number of benzene rings is 1. The molecule has 0 bridgehead atoms. The van der Waals surface area contributed by atoms with Crippen molar-refractivity contribution in [3.8, 4) is 11.5 Å². The van der Waals surface area contributed by atoms with Crippen LogP contribution >= 0.6 is 0 Å². The molecule has 0 radical (unpaired) electrons. The van der Waals surface area contributed by atoms with Gasteiger partial charge < -0.3 is 14.8 Å². The highest BCUT2D eigenvalue weighted by molar-refractivity contribution is 5.93. The van der Waals surface area contributed by atoms with Crippen LogP contribution in [0.3, 0.4) is 0 Å². The molecule has 1 aromatic carbocycles. The molecule has 0 atom stereocenters. The van der Waals surface area contributed by atoms with Crippen LogP contribution in [-0.4, -0.2) is 30.6 Å². The first-order chi connectivity index (χ1) is 11.3. The molecule has 1 aromatic heterocycles. The largest absolute Gasteiger partial charge is 0.486 e. The number of rotatable bonds is 5. The van der Waals surface area contributed by atoms with Gasteiger partial charge in [0.2, 0.25) is 0 Å². The summed E-state index contributed by atoms with van der Waals surface area (Å²) in [6, 6.07) is 9.35. The van der Waals surface area contributed by atoms with E-state index in [4.69, 9.17) is 9.47 Å². The van der Waals surface area contributed by atoms with Gasteiger partial charge in [-0.25, -0.2) is 0 Å². The molecule has 0 saturated heterocycles. The van der Waals surface area contributed by atoms with Crippen molar-refractivity contribution >= 4 is 12.0 Å². The maximum atomic E-state index is 11.8. The molecule has 1 aliphatic heterocycles. The zero-order chi connectivity index (χ0) is 15.9. The van der Waals surface area contributed by atoms with Crippen molar-refractivity contribution in [1.29, 1.82) is 0 Å². The van der Waals surface area contributed by atoms with E-state index in [0.29, 0.717) is 25.3 Å². The highest BCUT2D eigenvalue weighted by Crippen LogP contribution is 2.31. The van der Waals surface area contributed by atoms with Crippen LogP contribution in [0.25, 0.3) is 6.08 Å². The second kappa shape index (κ2) is 7.45. The van der Waals surface area contributed by atoms with Crippen LogP contribution in [0.5, 0.6) is 11.5 Å². The highest BCUT2D eigenvalue weighted by atomic mass is 16.6. The highest BCUT2D eigenvalue weighted by Gasteiger charge is 2.10. The van der Waals surface area contributed by atoms with Gasteiger partial charge >= 0.3 is 0 Å². The Hall–Kier alpha value is -2.82. The van der Waals surface area contributed by atoms with Gasteiger partial charge in [0.15, 0.2) is 11.5 Å². The van der Waals surface area contributed by atoms with Crippen molar-refractivity contribution < 1.29 is 14.3 Å². The van der Waals surface area contributed by atoms with E-state index in [-0.39, 0.29) is 5.91 Å². The van der Waals surface area contributed by atoms with E-state index in [9.17, 15) is 4.79 Å². The minimum atomic E-state index is -0.106. The smallest absolute Gasteiger partial charge is 0.252 e. The summed E-state index contributed by atoms with van der Waals surface area (Å²) < 4.78 is 11.0. The third-order valence-electron chi connectivity index (χ3n) is 3.40. The summed E-state index contributed by atoms with van der Waals surface area (Å²) in [6.45, 7) is 1.76. The minimum absolute atomic E-state index is 0.106. The molecule has 2 aromatic rings. The standard InChI is InChI=1S/C18H18N2O3/c21-18(15-5-3-8-19-13-15)20-9-2-1-4-14-6-7-16-17(12-14)23-11-10-22-16/h1,3-8,12-13H,2,9-11H2,(H,20,21)/b4-1+. The Morgan fingerprint density at radius 1 is 1.22 bits per heavy atom. The lowest BCUT2D eigenvalue weighted by Crippen LogP contribution is -2.24. The van der Waals surface area contributed by atoms with Gasteiger partial charge in [-0.05, 0) is 36.2 Å². The molecule has 23 heavy (non-hydrogen) atoms. The molecule has 1 N–H and O–H groups in total. The number of pyridine rings is 1. The normalized spacial score (nSPS) is 13.0. The van der Waals surface area contributed by atoms with Gasteiger partial charge in [-0.3, -0.25) is 9.78 Å². The Kier molecular flexibility index (Phi) is 4.88. The van der Waals surface area contributed by atoms with Crippen molar-refractivity contribution in [2.75, 3.05) is 19.8 Å². The molecule has 1 amide bonds. The number of amides is 1. The first kappa shape index (κ1) is 15.1. The van der Waals surface area contributed by atoms with Crippen LogP contribution in [0.4, 0.5) is 0 Å². The average molecular weight is 310 g/mol. The average Bonchev–Trinajstić information content (AvgIpc) is 2.62. The predicted octanol–water partition coefficient (Wildman–Crippen LogP) is 2.69. The van der Waals surface area contributed by atoms with E-state index < -0.39 is 0 Å². The van der Waals surface area contributed by atoms with Crippen LogP contribution in [-0.2, 0) is 0 Å². The van der Waals surface area contributed by atoms with E-state index in [1.807, 2.05) is 30.4 Å². The minimum Gasteiger partial charge on any atom is -0.486 e. The summed E-state index contributed by atoms with van der Waals surface area (Å²) in [5.74, 6) is 1.46. The number of carbonyl (C=O) groups excluding carboxylic acids is 1. The number of aromatic nitrogens is 1. The molecule has 0 unspecified atom stereocenters. The van der Waals surface area contributed by atoms with Crippen molar-refractivity contribution in [2.45, 2.75) is 6.42 Å². The van der Waals surface area contributed by atoms with Crippen molar-refractivity contribution in [2.24, 2.45) is 0 Å². The first-order valence-corrected chi connectivity index (χ1v) is 7.57. The Morgan fingerprint density at radius 3 is 2.91 bits per heavy atom. The molecule has 118 valence electrons. The number of nitrogens with zero attached hydrogens (tertiary/aromatic N) is 1. The maximum absolute atomic E-state index is 11.8. The fourth-order valence-electron chi connectivity index (χ4n) is 2.25. The molecule has 0 aliphatic carbocycles. The van der Waals surface area contributed by atoms with E-state index in [2.05, 4.69) is 10.3 Å². The van der Waals surface area contributed by atoms with E-state index in [1.165, 1.54) is 0 Å². The fourth-order valence-corrected chi connectivity index (χ4v) is 2.25. The summed E-state index contributed by atoms with van der Waals surface area (Å²) in [6.07, 6.45) is 7.98. The van der Waals surface area contributed by atoms with Gasteiger partial charge in [-0.2, -0.15) is 0 Å². The van der Waals surface area contributed by atoms with Gasteiger partial charge in [-0.1, -0.05) is 18.2 Å². The molecular weight excluding hydrogens is 292 g/mol. The van der Waals surface area contributed by atoms with Crippen LogP contribution < -0.4 is 14.8 Å². The predicted molar refractivity (Wildman–Crippen MR) is 87.7 cm³/mol. The molecule has 0 fully saturated rings. The molecular formula is C18H18N2O3. The second-order valence-corrected chi connectivity index (χ2v) is 5.09. The van der Waals surface area contributed by atoms with E-state index >= 15 is 0 Å². The second-order valence-electron chi connectivity index (χ2n) is 5.09. The number of nitrogens with one attached hydrogen (secondary N) is 1. The van der Waals surface area contributed by atoms with Crippen LogP contribution in [0, 0.1) is 0 Å². The third-order valence-corrected chi connectivity index (χ3v) is 3.40. The SMILES string of the molecule is O=C(NCC/C=C/c1ccc2c(c1)OCCO2)c1cccnc1. The van der Waals surface area contributed by atoms with Gasteiger partial charge in [0.05, 0.1) is 5.56 Å². The lowest BCUT2D eigenvalue weighted by atomic mass is 10.1. The maximum Gasteiger partial charge on any atom is 0.252 e. The zero-order valence-electron chi connectivity index (χ0n) is 12.7. The van der Waals surface area contributed by atoms with Crippen LogP contribution in [0.1, 0.15) is 22.3 Å². The number of carbonyl (C=O) groups is 1. The van der Waals surface area contributed by atoms with Crippen LogP contribution in [0.15, 0.2) is 48.8 Å². The Labute approximate surface area is 135 Å².